The van der Waals surface area contributed by atoms with Gasteiger partial charge in [0.15, 0.2) is 0 Å². The van der Waals surface area contributed by atoms with Crippen LogP contribution in [0, 0.1) is 6.92 Å². The Morgan fingerprint density at radius 3 is 2.73 bits per heavy atom. The van der Waals surface area contributed by atoms with Gasteiger partial charge in [-0.3, -0.25) is 4.90 Å². The maximum atomic E-state index is 12.7. The molecule has 0 bridgehead atoms. The highest BCUT2D eigenvalue weighted by atomic mass is 35.5. The van der Waals surface area contributed by atoms with Crippen molar-refractivity contribution in [2.75, 3.05) is 26.2 Å². The Kier molecular flexibility index (Phi) is 5.45. The highest BCUT2D eigenvalue weighted by Crippen LogP contribution is 2.22. The molecule has 0 radical (unpaired) electrons. The van der Waals surface area contributed by atoms with Crippen LogP contribution in [0.1, 0.15) is 19.4 Å². The molecule has 2 heterocycles. The summed E-state index contributed by atoms with van der Waals surface area (Å²) in [5, 5.41) is 9.80. The highest BCUT2D eigenvalue weighted by Gasteiger charge is 2.32. The molecule has 1 aliphatic heterocycles. The van der Waals surface area contributed by atoms with Gasteiger partial charge in [-0.1, -0.05) is 11.6 Å². The molecule has 2 rings (SSSR count). The molecular weight excluding hydrogens is 326 g/mol. The second-order valence-electron chi connectivity index (χ2n) is 5.83. The van der Waals surface area contributed by atoms with Crippen molar-refractivity contribution in [1.82, 2.24) is 14.2 Å². The second-order valence-corrected chi connectivity index (χ2v) is 8.13. The molecule has 22 heavy (non-hydrogen) atoms. The molecule has 0 aromatic carbocycles. The molecular formula is C14H22ClN3O3S. The van der Waals surface area contributed by atoms with Crippen molar-refractivity contribution >= 4 is 21.6 Å². The molecule has 124 valence electrons. The lowest BCUT2D eigenvalue weighted by molar-refractivity contribution is 0.0699. The van der Waals surface area contributed by atoms with E-state index in [1.54, 1.807) is 19.9 Å². The topological polar surface area (TPSA) is 73.7 Å². The average Bonchev–Trinajstić information content (AvgIpc) is 2.43. The molecule has 0 amide bonds. The van der Waals surface area contributed by atoms with Crippen LogP contribution in [-0.2, 0) is 10.0 Å². The van der Waals surface area contributed by atoms with Gasteiger partial charge in [0.2, 0.25) is 10.0 Å². The van der Waals surface area contributed by atoms with E-state index in [-0.39, 0.29) is 10.9 Å². The summed E-state index contributed by atoms with van der Waals surface area (Å²) in [5.41, 5.74) is 0.642. The van der Waals surface area contributed by atoms with E-state index in [2.05, 4.69) is 9.88 Å². The Bertz CT molecular complexity index is 636. The minimum absolute atomic E-state index is 0.0551. The summed E-state index contributed by atoms with van der Waals surface area (Å²) in [6.07, 6.45) is 0.881. The minimum atomic E-state index is -3.56. The number of pyridine rings is 1. The number of hydrogen-bond donors (Lipinski definition) is 1. The molecule has 8 heteroatoms. The van der Waals surface area contributed by atoms with E-state index in [0.717, 1.165) is 0 Å². The predicted molar refractivity (Wildman–Crippen MR) is 85.5 cm³/mol. The maximum absolute atomic E-state index is 12.7. The Morgan fingerprint density at radius 1 is 1.50 bits per heavy atom. The fourth-order valence-corrected chi connectivity index (χ4v) is 4.26. The molecule has 1 fully saturated rings. The van der Waals surface area contributed by atoms with Crippen LogP contribution in [0.2, 0.25) is 5.15 Å². The van der Waals surface area contributed by atoms with Gasteiger partial charge in [0.25, 0.3) is 0 Å². The van der Waals surface area contributed by atoms with E-state index in [4.69, 9.17) is 11.6 Å². The van der Waals surface area contributed by atoms with E-state index in [0.29, 0.717) is 36.9 Å². The summed E-state index contributed by atoms with van der Waals surface area (Å²) in [7, 11) is -3.56. The van der Waals surface area contributed by atoms with Gasteiger partial charge in [-0.2, -0.15) is 4.31 Å². The first-order chi connectivity index (χ1) is 10.2. The quantitative estimate of drug-likeness (QED) is 0.826. The fourth-order valence-electron chi connectivity index (χ4n) is 2.61. The first-order valence-corrected chi connectivity index (χ1v) is 9.08. The zero-order valence-electron chi connectivity index (χ0n) is 13.0. The second kappa shape index (κ2) is 6.80. The molecule has 6 nitrogen and oxygen atoms in total. The van der Waals surface area contributed by atoms with Crippen molar-refractivity contribution in [3.63, 3.8) is 0 Å². The van der Waals surface area contributed by atoms with E-state index in [1.165, 1.54) is 10.5 Å². The predicted octanol–water partition coefficient (Wildman–Crippen LogP) is 1.12. The summed E-state index contributed by atoms with van der Waals surface area (Å²) in [6.45, 7) is 7.39. The Hall–Kier alpha value is -0.730. The number of sulfonamides is 1. The van der Waals surface area contributed by atoms with Crippen LogP contribution in [-0.4, -0.2) is 66.0 Å². The summed E-state index contributed by atoms with van der Waals surface area (Å²) in [5.74, 6) is 0. The number of hydrogen-bond acceptors (Lipinski definition) is 5. The van der Waals surface area contributed by atoms with Gasteiger partial charge >= 0.3 is 0 Å². The number of aryl methyl sites for hydroxylation is 1. The summed E-state index contributed by atoms with van der Waals surface area (Å²) in [6, 6.07) is 1.61. The van der Waals surface area contributed by atoms with Crippen LogP contribution >= 0.6 is 11.6 Å². The third-order valence-electron chi connectivity index (χ3n) is 3.85. The Morgan fingerprint density at radius 2 is 2.18 bits per heavy atom. The molecule has 2 atom stereocenters. The van der Waals surface area contributed by atoms with Crippen molar-refractivity contribution in [3.8, 4) is 0 Å². The van der Waals surface area contributed by atoms with Crippen LogP contribution in [0.15, 0.2) is 17.2 Å². The van der Waals surface area contributed by atoms with Crippen molar-refractivity contribution in [2.45, 2.75) is 37.8 Å². The monoisotopic (exact) mass is 347 g/mol. The van der Waals surface area contributed by atoms with Gasteiger partial charge in [-0.15, -0.1) is 0 Å². The molecule has 1 saturated heterocycles. The first kappa shape index (κ1) is 17.6. The highest BCUT2D eigenvalue weighted by molar-refractivity contribution is 7.89. The molecule has 0 spiro atoms. The lowest BCUT2D eigenvalue weighted by Gasteiger charge is -2.39. The maximum Gasteiger partial charge on any atom is 0.244 e. The minimum Gasteiger partial charge on any atom is -0.392 e. The van der Waals surface area contributed by atoms with Crippen LogP contribution in [0.5, 0.6) is 0 Å². The van der Waals surface area contributed by atoms with E-state index >= 15 is 0 Å². The number of halogens is 1. The van der Waals surface area contributed by atoms with Gasteiger partial charge in [0, 0.05) is 38.4 Å². The number of aliphatic hydroxyl groups is 1. The van der Waals surface area contributed by atoms with Gasteiger partial charge < -0.3 is 5.11 Å². The number of rotatable bonds is 4. The number of piperazine rings is 1. The normalized spacial score (nSPS) is 22.7. The Balaban J connectivity index is 2.16. The lowest BCUT2D eigenvalue weighted by Crippen LogP contribution is -2.54. The molecule has 1 aromatic heterocycles. The number of aromatic nitrogens is 1. The van der Waals surface area contributed by atoms with Crippen molar-refractivity contribution in [2.24, 2.45) is 0 Å². The van der Waals surface area contributed by atoms with E-state index < -0.39 is 16.1 Å². The van der Waals surface area contributed by atoms with Crippen LogP contribution in [0.25, 0.3) is 0 Å². The SMILES string of the molecule is Cc1cc(S(=O)(=O)N2CCN(C[C@@H](C)O)[C@H](C)C2)cnc1Cl. The molecule has 0 saturated carbocycles. The molecule has 1 N–H and O–H groups in total. The number of β-amino-alcohol motifs (C(OH)–C–C–N with tert-alkyl or cyclic N) is 1. The van der Waals surface area contributed by atoms with Crippen LogP contribution < -0.4 is 0 Å². The average molecular weight is 348 g/mol. The Labute approximate surface area is 136 Å². The third-order valence-corrected chi connectivity index (χ3v) is 6.08. The zero-order valence-corrected chi connectivity index (χ0v) is 14.6. The van der Waals surface area contributed by atoms with E-state index in [1.807, 2.05) is 6.92 Å². The number of nitrogens with zero attached hydrogens (tertiary/aromatic N) is 3. The van der Waals surface area contributed by atoms with Crippen LogP contribution in [0.3, 0.4) is 0 Å². The molecule has 1 aromatic rings. The van der Waals surface area contributed by atoms with Gasteiger partial charge in [-0.05, 0) is 32.4 Å². The van der Waals surface area contributed by atoms with Gasteiger partial charge in [-0.25, -0.2) is 13.4 Å². The van der Waals surface area contributed by atoms with Crippen LogP contribution in [0.4, 0.5) is 0 Å². The third kappa shape index (κ3) is 3.78. The summed E-state index contributed by atoms with van der Waals surface area (Å²) in [4.78, 5) is 6.20. The molecule has 0 unspecified atom stereocenters. The zero-order chi connectivity index (χ0) is 16.5. The van der Waals surface area contributed by atoms with Crippen molar-refractivity contribution in [1.29, 1.82) is 0 Å². The van der Waals surface area contributed by atoms with Gasteiger partial charge in [0.05, 0.1) is 6.10 Å². The first-order valence-electron chi connectivity index (χ1n) is 7.26. The van der Waals surface area contributed by atoms with Gasteiger partial charge in [0.1, 0.15) is 10.0 Å². The summed E-state index contributed by atoms with van der Waals surface area (Å²) >= 11 is 5.86. The largest absolute Gasteiger partial charge is 0.392 e. The fraction of sp³-hybridized carbons (Fsp3) is 0.643. The molecule has 0 aliphatic carbocycles. The van der Waals surface area contributed by atoms with E-state index in [9.17, 15) is 13.5 Å². The number of aliphatic hydroxyl groups excluding tert-OH is 1. The van der Waals surface area contributed by atoms with Crippen molar-refractivity contribution in [3.05, 3.63) is 23.0 Å². The standard InChI is InChI=1S/C14H22ClN3O3S/c1-10-6-13(7-16-14(10)15)22(20,21)18-5-4-17(9-12(3)19)11(2)8-18/h6-7,11-12,19H,4-5,8-9H2,1-3H3/t11-,12-/m1/s1. The smallest absolute Gasteiger partial charge is 0.244 e. The molecule has 1 aliphatic rings. The van der Waals surface area contributed by atoms with Crippen molar-refractivity contribution < 1.29 is 13.5 Å². The lowest BCUT2D eigenvalue weighted by atomic mass is 10.2. The summed E-state index contributed by atoms with van der Waals surface area (Å²) < 4.78 is 26.9.